The van der Waals surface area contributed by atoms with E-state index in [4.69, 9.17) is 0 Å². The van der Waals surface area contributed by atoms with E-state index in [-0.39, 0.29) is 23.4 Å². The van der Waals surface area contributed by atoms with Crippen LogP contribution < -0.4 is 0 Å². The number of carboxylic acids is 1. The van der Waals surface area contributed by atoms with Gasteiger partial charge in [0, 0.05) is 12.6 Å². The normalized spacial score (nSPS) is 21.7. The number of methoxy groups -OCH3 is 1. The van der Waals surface area contributed by atoms with Gasteiger partial charge >= 0.3 is 11.9 Å². The third kappa shape index (κ3) is 3.98. The van der Waals surface area contributed by atoms with Crippen molar-refractivity contribution in [3.8, 4) is 0 Å². The van der Waals surface area contributed by atoms with Crippen molar-refractivity contribution in [1.29, 1.82) is 0 Å². The van der Waals surface area contributed by atoms with Crippen LogP contribution in [0.5, 0.6) is 0 Å². The number of hydrogen-bond donors (Lipinski definition) is 1. The highest BCUT2D eigenvalue weighted by Gasteiger charge is 2.39. The van der Waals surface area contributed by atoms with Crippen LogP contribution in [-0.4, -0.2) is 49.5 Å². The number of ether oxygens (including phenoxy) is 1. The third-order valence-corrected chi connectivity index (χ3v) is 6.42. The predicted octanol–water partition coefficient (Wildman–Crippen LogP) is 1.41. The lowest BCUT2D eigenvalue weighted by molar-refractivity contribution is -0.144. The summed E-state index contributed by atoms with van der Waals surface area (Å²) < 4.78 is 45.3. The topological polar surface area (TPSA) is 101 Å². The number of aliphatic carboxylic acids is 1. The third-order valence-electron chi connectivity index (χ3n) is 4.44. The molecule has 0 saturated carbocycles. The van der Waals surface area contributed by atoms with E-state index in [1.54, 1.807) is 0 Å². The predicted molar refractivity (Wildman–Crippen MR) is 85.8 cm³/mol. The maximum Gasteiger partial charge on any atom is 0.310 e. The quantitative estimate of drug-likeness (QED) is 0.784. The van der Waals surface area contributed by atoms with Gasteiger partial charge in [-0.2, -0.15) is 4.31 Å². The van der Waals surface area contributed by atoms with Crippen LogP contribution in [0.1, 0.15) is 25.3 Å². The highest BCUT2D eigenvalue weighted by atomic mass is 32.2. The maximum absolute atomic E-state index is 14.2. The first-order chi connectivity index (χ1) is 11.7. The summed E-state index contributed by atoms with van der Waals surface area (Å²) in [6.45, 7) is 1.72. The van der Waals surface area contributed by atoms with Gasteiger partial charge in [-0.15, -0.1) is 0 Å². The van der Waals surface area contributed by atoms with Gasteiger partial charge in [0.05, 0.1) is 24.3 Å². The molecular formula is C16H20FNO6S. The Morgan fingerprint density at radius 2 is 2.08 bits per heavy atom. The van der Waals surface area contributed by atoms with Gasteiger partial charge in [0.2, 0.25) is 10.0 Å². The largest absolute Gasteiger partial charge is 0.481 e. The number of halogens is 1. The molecule has 0 amide bonds. The maximum atomic E-state index is 14.2. The fraction of sp³-hybridized carbons (Fsp3) is 0.500. The number of nitrogens with zero attached hydrogens (tertiary/aromatic N) is 1. The Balaban J connectivity index is 2.31. The van der Waals surface area contributed by atoms with Crippen molar-refractivity contribution in [1.82, 2.24) is 4.31 Å². The van der Waals surface area contributed by atoms with E-state index in [9.17, 15) is 27.5 Å². The van der Waals surface area contributed by atoms with Crippen molar-refractivity contribution in [2.45, 2.75) is 37.1 Å². The minimum absolute atomic E-state index is 0.0286. The molecule has 1 aromatic rings. The summed E-state index contributed by atoms with van der Waals surface area (Å²) in [6, 6.07) is 2.56. The molecule has 1 saturated heterocycles. The zero-order chi connectivity index (χ0) is 18.8. The van der Waals surface area contributed by atoms with Crippen molar-refractivity contribution in [3.05, 3.63) is 29.6 Å². The Hall–Kier alpha value is -2.00. The van der Waals surface area contributed by atoms with Gasteiger partial charge < -0.3 is 9.84 Å². The van der Waals surface area contributed by atoms with Crippen molar-refractivity contribution < 1.29 is 32.2 Å². The Labute approximate surface area is 145 Å². The number of esters is 1. The van der Waals surface area contributed by atoms with Crippen LogP contribution in [-0.2, 0) is 30.8 Å². The average Bonchev–Trinajstić information content (AvgIpc) is 2.56. The van der Waals surface area contributed by atoms with Crippen LogP contribution in [0.15, 0.2) is 23.1 Å². The zero-order valence-electron chi connectivity index (χ0n) is 13.9. The van der Waals surface area contributed by atoms with Crippen LogP contribution in [0.2, 0.25) is 0 Å². The van der Waals surface area contributed by atoms with Crippen molar-refractivity contribution in [2.24, 2.45) is 5.92 Å². The minimum atomic E-state index is -4.04. The minimum Gasteiger partial charge on any atom is -0.481 e. The monoisotopic (exact) mass is 373 g/mol. The average molecular weight is 373 g/mol. The van der Waals surface area contributed by atoms with E-state index in [1.165, 1.54) is 26.2 Å². The van der Waals surface area contributed by atoms with Crippen molar-refractivity contribution >= 4 is 22.0 Å². The molecule has 0 spiro atoms. The summed E-state index contributed by atoms with van der Waals surface area (Å²) in [5.74, 6) is -3.31. The van der Waals surface area contributed by atoms with E-state index in [2.05, 4.69) is 4.74 Å². The summed E-state index contributed by atoms with van der Waals surface area (Å²) in [7, 11) is -2.86. The van der Waals surface area contributed by atoms with Crippen LogP contribution in [0.4, 0.5) is 4.39 Å². The Bertz CT molecular complexity index is 779. The SMILES string of the molecule is COC(=O)Cc1ccc(S(=O)(=O)N2CCC[C@H](C(=O)O)[C@@H]2C)cc1F. The number of rotatable bonds is 5. The molecule has 1 fully saturated rings. The lowest BCUT2D eigenvalue weighted by atomic mass is 9.92. The first-order valence-electron chi connectivity index (χ1n) is 7.78. The number of piperidine rings is 1. The van der Waals surface area contributed by atoms with E-state index in [1.807, 2.05) is 0 Å². The fourth-order valence-electron chi connectivity index (χ4n) is 2.98. The molecule has 2 atom stereocenters. The lowest BCUT2D eigenvalue weighted by Gasteiger charge is -2.36. The molecule has 0 aromatic heterocycles. The number of sulfonamides is 1. The molecular weight excluding hydrogens is 353 g/mol. The number of benzene rings is 1. The van der Waals surface area contributed by atoms with Gasteiger partial charge in [-0.05, 0) is 37.5 Å². The molecule has 1 aliphatic heterocycles. The zero-order valence-corrected chi connectivity index (χ0v) is 14.8. The second kappa shape index (κ2) is 7.49. The highest BCUT2D eigenvalue weighted by Crippen LogP contribution is 2.30. The number of carboxylic acid groups (broad SMARTS) is 1. The molecule has 0 bridgehead atoms. The lowest BCUT2D eigenvalue weighted by Crippen LogP contribution is -2.49. The van der Waals surface area contributed by atoms with Gasteiger partial charge in [-0.1, -0.05) is 6.07 Å². The van der Waals surface area contributed by atoms with Gasteiger partial charge in [0.25, 0.3) is 0 Å². The number of carbonyl (C=O) groups excluding carboxylic acids is 1. The van der Waals surface area contributed by atoms with Crippen LogP contribution in [0, 0.1) is 11.7 Å². The van der Waals surface area contributed by atoms with Crippen LogP contribution in [0.3, 0.4) is 0 Å². The summed E-state index contributed by atoms with van der Waals surface area (Å²) in [4.78, 5) is 22.2. The van der Waals surface area contributed by atoms with Crippen LogP contribution >= 0.6 is 0 Å². The molecule has 1 aromatic carbocycles. The fourth-order valence-corrected chi connectivity index (χ4v) is 4.69. The Morgan fingerprint density at radius 1 is 1.40 bits per heavy atom. The standard InChI is InChI=1S/C16H20FNO6S/c1-10-13(16(20)21)4-3-7-18(10)25(22,23)12-6-5-11(14(17)9-12)8-15(19)24-2/h5-6,9-10,13H,3-4,7-8H2,1-2H3,(H,20,21)/t10-,13-/m0/s1. The van der Waals surface area contributed by atoms with Gasteiger partial charge in [0.1, 0.15) is 5.82 Å². The number of carbonyl (C=O) groups is 2. The molecule has 25 heavy (non-hydrogen) atoms. The summed E-state index contributed by atoms with van der Waals surface area (Å²) >= 11 is 0. The number of hydrogen-bond acceptors (Lipinski definition) is 5. The second-order valence-corrected chi connectivity index (χ2v) is 7.84. The Morgan fingerprint density at radius 3 is 2.64 bits per heavy atom. The van der Waals surface area contributed by atoms with Gasteiger partial charge in [-0.3, -0.25) is 9.59 Å². The Kier molecular flexibility index (Phi) is 5.79. The first kappa shape index (κ1) is 19.3. The summed E-state index contributed by atoms with van der Waals surface area (Å²) in [5, 5.41) is 9.23. The van der Waals surface area contributed by atoms with Gasteiger partial charge in [-0.25, -0.2) is 12.8 Å². The van der Waals surface area contributed by atoms with E-state index >= 15 is 0 Å². The summed E-state index contributed by atoms with van der Waals surface area (Å²) in [5.41, 5.74) is 0.0286. The molecule has 138 valence electrons. The molecule has 2 rings (SSSR count). The molecule has 0 radical (unpaired) electrons. The van der Waals surface area contributed by atoms with Crippen LogP contribution in [0.25, 0.3) is 0 Å². The van der Waals surface area contributed by atoms with E-state index in [0.29, 0.717) is 12.8 Å². The van der Waals surface area contributed by atoms with E-state index < -0.39 is 39.7 Å². The summed E-state index contributed by atoms with van der Waals surface area (Å²) in [6.07, 6.45) is 0.516. The first-order valence-corrected chi connectivity index (χ1v) is 9.22. The molecule has 1 N–H and O–H groups in total. The molecule has 0 unspecified atom stereocenters. The van der Waals surface area contributed by atoms with Gasteiger partial charge in [0.15, 0.2) is 0 Å². The molecule has 7 nitrogen and oxygen atoms in total. The molecule has 9 heteroatoms. The molecule has 0 aliphatic carbocycles. The highest BCUT2D eigenvalue weighted by molar-refractivity contribution is 7.89. The molecule has 1 aliphatic rings. The van der Waals surface area contributed by atoms with E-state index in [0.717, 1.165) is 10.4 Å². The van der Waals surface area contributed by atoms with Crippen molar-refractivity contribution in [2.75, 3.05) is 13.7 Å². The molecule has 1 heterocycles. The second-order valence-electron chi connectivity index (χ2n) is 5.95. The van der Waals surface area contributed by atoms with Crippen molar-refractivity contribution in [3.63, 3.8) is 0 Å². The smallest absolute Gasteiger partial charge is 0.310 e.